The van der Waals surface area contributed by atoms with Crippen molar-refractivity contribution in [3.63, 3.8) is 0 Å². The van der Waals surface area contributed by atoms with Gasteiger partial charge in [0, 0.05) is 42.8 Å². The molecule has 29 heavy (non-hydrogen) atoms. The summed E-state index contributed by atoms with van der Waals surface area (Å²) in [7, 11) is 1.93. The number of pyridine rings is 1. The highest BCUT2D eigenvalue weighted by Crippen LogP contribution is 2.36. The number of aromatic amines is 1. The molecule has 9 nitrogen and oxygen atoms in total. The zero-order valence-electron chi connectivity index (χ0n) is 16.6. The molecule has 1 fully saturated rings. The van der Waals surface area contributed by atoms with Crippen molar-refractivity contribution in [2.45, 2.75) is 19.9 Å². The fourth-order valence-electron chi connectivity index (χ4n) is 3.91. The maximum absolute atomic E-state index is 5.62. The first-order valence-electron chi connectivity index (χ1n) is 9.62. The van der Waals surface area contributed by atoms with Gasteiger partial charge in [-0.25, -0.2) is 15.0 Å². The number of aromatic nitrogens is 7. The van der Waals surface area contributed by atoms with Crippen LogP contribution in [0.25, 0.3) is 33.5 Å². The van der Waals surface area contributed by atoms with Crippen molar-refractivity contribution in [2.24, 2.45) is 7.05 Å². The first kappa shape index (κ1) is 17.7. The lowest BCUT2D eigenvalue weighted by Gasteiger charge is -2.34. The Balaban J connectivity index is 1.81. The Morgan fingerprint density at radius 2 is 2.17 bits per heavy atom. The van der Waals surface area contributed by atoms with Gasteiger partial charge in [-0.15, -0.1) is 0 Å². The van der Waals surface area contributed by atoms with E-state index in [0.717, 1.165) is 51.6 Å². The van der Waals surface area contributed by atoms with E-state index >= 15 is 0 Å². The summed E-state index contributed by atoms with van der Waals surface area (Å²) in [4.78, 5) is 16.0. The molecule has 1 aliphatic heterocycles. The van der Waals surface area contributed by atoms with Crippen LogP contribution in [0.5, 0.6) is 0 Å². The van der Waals surface area contributed by atoms with Crippen LogP contribution >= 0.6 is 0 Å². The number of morpholine rings is 1. The van der Waals surface area contributed by atoms with Gasteiger partial charge in [0.1, 0.15) is 23.4 Å². The Morgan fingerprint density at radius 1 is 1.28 bits per heavy atom. The minimum atomic E-state index is 0.238. The Labute approximate surface area is 167 Å². The minimum absolute atomic E-state index is 0.238. The van der Waals surface area contributed by atoms with Crippen molar-refractivity contribution in [2.75, 3.05) is 24.7 Å². The van der Waals surface area contributed by atoms with Gasteiger partial charge in [0.2, 0.25) is 0 Å². The van der Waals surface area contributed by atoms with Gasteiger partial charge in [-0.1, -0.05) is 0 Å². The van der Waals surface area contributed by atoms with Gasteiger partial charge in [0.05, 0.1) is 30.5 Å². The van der Waals surface area contributed by atoms with E-state index in [4.69, 9.17) is 14.8 Å². The van der Waals surface area contributed by atoms with Gasteiger partial charge < -0.3 is 9.64 Å². The summed E-state index contributed by atoms with van der Waals surface area (Å²) in [5, 5.41) is 11.9. The monoisotopic (exact) mass is 390 g/mol. The zero-order chi connectivity index (χ0) is 20.0. The number of ether oxygens (including phenoxy) is 1. The van der Waals surface area contributed by atoms with Crippen molar-refractivity contribution in [3.8, 4) is 22.5 Å². The van der Waals surface area contributed by atoms with Crippen LogP contribution in [-0.2, 0) is 11.8 Å². The van der Waals surface area contributed by atoms with Crippen LogP contribution in [0.1, 0.15) is 12.6 Å². The predicted molar refractivity (Wildman–Crippen MR) is 109 cm³/mol. The quantitative estimate of drug-likeness (QED) is 0.573. The summed E-state index contributed by atoms with van der Waals surface area (Å²) in [5.74, 6) is 0.903. The van der Waals surface area contributed by atoms with Crippen LogP contribution in [0, 0.1) is 6.92 Å². The van der Waals surface area contributed by atoms with E-state index in [1.54, 1.807) is 12.5 Å². The zero-order valence-corrected chi connectivity index (χ0v) is 16.6. The standard InChI is InChI=1S/C20H22N8O/c1-12-10-29-7-6-28(12)17-8-14(15-9-21-11-22-13(15)2)20-19(24-17)18(26-27(20)3)16-4-5-23-25-16/h4-5,8-9,11-12H,6-7,10H2,1-3H3,(H,23,25)/t12-/m1/s1. The molecule has 0 radical (unpaired) electrons. The third-order valence-corrected chi connectivity index (χ3v) is 5.40. The molecule has 1 saturated heterocycles. The van der Waals surface area contributed by atoms with E-state index in [-0.39, 0.29) is 6.04 Å². The summed E-state index contributed by atoms with van der Waals surface area (Å²) in [6.45, 7) is 6.31. The highest BCUT2D eigenvalue weighted by Gasteiger charge is 2.25. The molecule has 0 aliphatic carbocycles. The average Bonchev–Trinajstić information content (AvgIpc) is 3.36. The normalized spacial score (nSPS) is 17.2. The maximum Gasteiger partial charge on any atom is 0.136 e. The fraction of sp³-hybridized carbons (Fsp3) is 0.350. The van der Waals surface area contributed by atoms with Crippen molar-refractivity contribution < 1.29 is 4.74 Å². The second-order valence-electron chi connectivity index (χ2n) is 7.31. The van der Waals surface area contributed by atoms with Gasteiger partial charge >= 0.3 is 0 Å². The minimum Gasteiger partial charge on any atom is -0.377 e. The van der Waals surface area contributed by atoms with Crippen LogP contribution in [0.3, 0.4) is 0 Å². The lowest BCUT2D eigenvalue weighted by atomic mass is 10.0. The van der Waals surface area contributed by atoms with Gasteiger partial charge in [-0.3, -0.25) is 9.78 Å². The number of hydrogen-bond acceptors (Lipinski definition) is 7. The molecule has 148 valence electrons. The number of fused-ring (bicyclic) bond motifs is 1. The highest BCUT2D eigenvalue weighted by molar-refractivity contribution is 6.00. The third-order valence-electron chi connectivity index (χ3n) is 5.40. The van der Waals surface area contributed by atoms with Crippen molar-refractivity contribution in [1.29, 1.82) is 0 Å². The second-order valence-corrected chi connectivity index (χ2v) is 7.31. The number of nitrogens with one attached hydrogen (secondary N) is 1. The largest absolute Gasteiger partial charge is 0.377 e. The lowest BCUT2D eigenvalue weighted by Crippen LogP contribution is -2.44. The number of H-pyrrole nitrogens is 1. The fourth-order valence-corrected chi connectivity index (χ4v) is 3.91. The first-order chi connectivity index (χ1) is 14.1. The molecule has 0 amide bonds. The Kier molecular flexibility index (Phi) is 4.24. The number of anilines is 1. The summed E-state index contributed by atoms with van der Waals surface area (Å²) >= 11 is 0. The number of aryl methyl sites for hydroxylation is 2. The second kappa shape index (κ2) is 6.93. The Hall–Kier alpha value is -3.33. The molecule has 5 heterocycles. The molecule has 0 bridgehead atoms. The summed E-state index contributed by atoms with van der Waals surface area (Å²) in [6.07, 6.45) is 5.15. The molecule has 0 saturated carbocycles. The van der Waals surface area contributed by atoms with E-state index in [9.17, 15) is 0 Å². The predicted octanol–water partition coefficient (Wildman–Crippen LogP) is 2.35. The van der Waals surface area contributed by atoms with Crippen molar-refractivity contribution >= 4 is 16.9 Å². The molecule has 5 rings (SSSR count). The molecule has 4 aromatic rings. The van der Waals surface area contributed by atoms with E-state index in [1.165, 1.54) is 0 Å². The maximum atomic E-state index is 5.62. The lowest BCUT2D eigenvalue weighted by molar-refractivity contribution is 0.0986. The third kappa shape index (κ3) is 2.94. The highest BCUT2D eigenvalue weighted by atomic mass is 16.5. The molecule has 4 aromatic heterocycles. The number of rotatable bonds is 3. The van der Waals surface area contributed by atoms with Crippen molar-refractivity contribution in [1.82, 2.24) is 34.9 Å². The number of hydrogen-bond donors (Lipinski definition) is 1. The number of nitrogens with zero attached hydrogens (tertiary/aromatic N) is 7. The average molecular weight is 390 g/mol. The molecule has 1 atom stereocenters. The van der Waals surface area contributed by atoms with Gasteiger partial charge in [0.25, 0.3) is 0 Å². The van der Waals surface area contributed by atoms with Crippen LogP contribution in [0.4, 0.5) is 5.82 Å². The summed E-state index contributed by atoms with van der Waals surface area (Å²) in [6, 6.07) is 4.26. The van der Waals surface area contributed by atoms with Gasteiger partial charge in [-0.2, -0.15) is 10.2 Å². The molecule has 9 heteroatoms. The SMILES string of the molecule is Cc1ncncc1-c1cc(N2CCOC[C@H]2C)nc2c(-c3ccn[nH]3)nn(C)c12. The summed E-state index contributed by atoms with van der Waals surface area (Å²) in [5.41, 5.74) is 6.28. The van der Waals surface area contributed by atoms with Crippen LogP contribution in [-0.4, -0.2) is 60.7 Å². The van der Waals surface area contributed by atoms with E-state index in [2.05, 4.69) is 38.1 Å². The van der Waals surface area contributed by atoms with E-state index in [0.29, 0.717) is 13.2 Å². The van der Waals surface area contributed by atoms with E-state index in [1.807, 2.05) is 30.9 Å². The molecule has 0 aromatic carbocycles. The van der Waals surface area contributed by atoms with Gasteiger partial charge in [-0.05, 0) is 26.0 Å². The topological polar surface area (TPSA) is 97.6 Å². The van der Waals surface area contributed by atoms with Crippen LogP contribution in [0.2, 0.25) is 0 Å². The Bertz CT molecular complexity index is 1170. The molecule has 1 N–H and O–H groups in total. The summed E-state index contributed by atoms with van der Waals surface area (Å²) < 4.78 is 7.49. The molecular weight excluding hydrogens is 368 g/mol. The van der Waals surface area contributed by atoms with Crippen LogP contribution in [0.15, 0.2) is 30.9 Å². The first-order valence-corrected chi connectivity index (χ1v) is 9.62. The molecular formula is C20H22N8O. The smallest absolute Gasteiger partial charge is 0.136 e. The molecule has 0 spiro atoms. The van der Waals surface area contributed by atoms with Gasteiger partial charge in [0.15, 0.2) is 0 Å². The van der Waals surface area contributed by atoms with Crippen molar-refractivity contribution in [3.05, 3.63) is 36.5 Å². The Morgan fingerprint density at radius 3 is 2.93 bits per heavy atom. The van der Waals surface area contributed by atoms with E-state index < -0.39 is 0 Å². The molecule has 0 unspecified atom stereocenters. The van der Waals surface area contributed by atoms with Crippen LogP contribution < -0.4 is 4.90 Å². The molecule has 1 aliphatic rings.